The quantitative estimate of drug-likeness (QED) is 0.745. The number of morpholine rings is 1. The van der Waals surface area contributed by atoms with E-state index in [0.717, 1.165) is 5.56 Å². The van der Waals surface area contributed by atoms with Gasteiger partial charge in [-0.05, 0) is 24.6 Å². The molecule has 1 heterocycles. The van der Waals surface area contributed by atoms with Gasteiger partial charge in [0.1, 0.15) is 0 Å². The van der Waals surface area contributed by atoms with E-state index in [1.165, 1.54) is 4.90 Å². The Morgan fingerprint density at radius 2 is 2.00 bits per heavy atom. The van der Waals surface area contributed by atoms with E-state index in [1.807, 2.05) is 0 Å². The largest absolute Gasteiger partial charge is 0.479 e. The van der Waals surface area contributed by atoms with Crippen LogP contribution in [0.15, 0.2) is 24.3 Å². The summed E-state index contributed by atoms with van der Waals surface area (Å²) in [4.78, 5) is 24.8. The Morgan fingerprint density at radius 1 is 1.33 bits per heavy atom. The second-order valence-electron chi connectivity index (χ2n) is 5.37. The number of nitrogens with one attached hydrogen (secondary N) is 1. The number of rotatable bonds is 6. The molecule has 0 bridgehead atoms. The number of hydrogen-bond acceptors (Lipinski definition) is 5. The van der Waals surface area contributed by atoms with Crippen molar-refractivity contribution in [1.82, 2.24) is 9.62 Å². The molecule has 2 N–H and O–H groups in total. The van der Waals surface area contributed by atoms with Crippen molar-refractivity contribution in [3.63, 3.8) is 0 Å². The molecule has 1 aliphatic heterocycles. The number of amides is 1. The van der Waals surface area contributed by atoms with Crippen molar-refractivity contribution in [2.24, 2.45) is 0 Å². The van der Waals surface area contributed by atoms with Gasteiger partial charge in [0.05, 0.1) is 18.9 Å². The van der Waals surface area contributed by atoms with E-state index in [4.69, 9.17) is 9.84 Å². The van der Waals surface area contributed by atoms with Crippen molar-refractivity contribution in [2.45, 2.75) is 19.6 Å². The van der Waals surface area contributed by atoms with Gasteiger partial charge in [-0.15, -0.1) is 0 Å². The second-order valence-corrected chi connectivity index (χ2v) is 7.47. The number of carbonyl (C=O) groups excluding carboxylic acids is 1. The van der Waals surface area contributed by atoms with Gasteiger partial charge in [0.25, 0.3) is 5.91 Å². The van der Waals surface area contributed by atoms with Crippen LogP contribution in [-0.2, 0) is 26.1 Å². The van der Waals surface area contributed by atoms with Crippen LogP contribution < -0.4 is 4.72 Å². The number of carbonyl (C=O) groups is 2. The minimum Gasteiger partial charge on any atom is -0.479 e. The smallest absolute Gasteiger partial charge is 0.334 e. The predicted molar refractivity (Wildman–Crippen MR) is 86.0 cm³/mol. The molecule has 1 aliphatic rings. The molecule has 1 amide bonds. The Bertz CT molecular complexity index is 701. The summed E-state index contributed by atoms with van der Waals surface area (Å²) in [6, 6.07) is 6.54. The Hall–Kier alpha value is -1.97. The maximum atomic E-state index is 12.4. The molecule has 0 aliphatic carbocycles. The fourth-order valence-corrected chi connectivity index (χ4v) is 2.82. The van der Waals surface area contributed by atoms with Gasteiger partial charge in [-0.1, -0.05) is 12.1 Å². The zero-order valence-corrected chi connectivity index (χ0v) is 14.1. The van der Waals surface area contributed by atoms with Crippen LogP contribution in [0.1, 0.15) is 22.8 Å². The lowest BCUT2D eigenvalue weighted by atomic mass is 10.1. The Balaban J connectivity index is 1.99. The van der Waals surface area contributed by atoms with Crippen LogP contribution >= 0.6 is 0 Å². The lowest BCUT2D eigenvalue weighted by molar-refractivity contribution is -0.154. The predicted octanol–water partition coefficient (Wildman–Crippen LogP) is 0.0515. The van der Waals surface area contributed by atoms with Crippen molar-refractivity contribution < 1.29 is 27.9 Å². The number of aliphatic carboxylic acids is 1. The molecule has 1 saturated heterocycles. The van der Waals surface area contributed by atoms with Crippen LogP contribution in [0.2, 0.25) is 0 Å². The third kappa shape index (κ3) is 4.76. The molecule has 9 heteroatoms. The van der Waals surface area contributed by atoms with Gasteiger partial charge in [-0.25, -0.2) is 17.9 Å². The van der Waals surface area contributed by atoms with Crippen molar-refractivity contribution in [2.75, 3.05) is 25.4 Å². The monoisotopic (exact) mass is 356 g/mol. The summed E-state index contributed by atoms with van der Waals surface area (Å²) < 4.78 is 30.4. The summed E-state index contributed by atoms with van der Waals surface area (Å²) in [5, 5.41) is 8.97. The number of carboxylic acid groups (broad SMARTS) is 1. The molecule has 1 aromatic rings. The van der Waals surface area contributed by atoms with Gasteiger partial charge < -0.3 is 14.7 Å². The SMILES string of the molecule is CCS(=O)(=O)NCc1ccc(C(=O)N2CCOC(C(=O)O)C2)cc1. The molecule has 8 nitrogen and oxygen atoms in total. The molecule has 0 saturated carbocycles. The first-order valence-electron chi connectivity index (χ1n) is 7.52. The van der Waals surface area contributed by atoms with Crippen molar-refractivity contribution in [3.8, 4) is 0 Å². The molecule has 24 heavy (non-hydrogen) atoms. The first-order valence-corrected chi connectivity index (χ1v) is 9.17. The van der Waals surface area contributed by atoms with E-state index in [-0.39, 0.29) is 31.4 Å². The normalized spacial score (nSPS) is 18.4. The van der Waals surface area contributed by atoms with Gasteiger partial charge in [0, 0.05) is 18.7 Å². The maximum absolute atomic E-state index is 12.4. The first-order chi connectivity index (χ1) is 11.3. The minimum atomic E-state index is -3.27. The van der Waals surface area contributed by atoms with E-state index in [0.29, 0.717) is 12.1 Å². The highest BCUT2D eigenvalue weighted by atomic mass is 32.2. The van der Waals surface area contributed by atoms with Gasteiger partial charge in [0.2, 0.25) is 10.0 Å². The molecule has 0 radical (unpaired) electrons. The Labute approximate surface area is 140 Å². The number of sulfonamides is 1. The van der Waals surface area contributed by atoms with Crippen LogP contribution in [0.5, 0.6) is 0 Å². The molecule has 2 rings (SSSR count). The highest BCUT2D eigenvalue weighted by Crippen LogP contribution is 2.12. The third-order valence-corrected chi connectivity index (χ3v) is 5.05. The van der Waals surface area contributed by atoms with E-state index in [2.05, 4.69) is 4.72 Å². The zero-order chi connectivity index (χ0) is 17.7. The lowest BCUT2D eigenvalue weighted by Gasteiger charge is -2.30. The molecule has 1 aromatic carbocycles. The van der Waals surface area contributed by atoms with E-state index < -0.39 is 22.1 Å². The molecule has 1 unspecified atom stereocenters. The number of benzene rings is 1. The lowest BCUT2D eigenvalue weighted by Crippen LogP contribution is -2.48. The van der Waals surface area contributed by atoms with Crippen LogP contribution in [0.4, 0.5) is 0 Å². The van der Waals surface area contributed by atoms with Crippen LogP contribution in [-0.4, -0.2) is 61.9 Å². The Kier molecular flexibility index (Phi) is 5.92. The van der Waals surface area contributed by atoms with Crippen LogP contribution in [0.3, 0.4) is 0 Å². The van der Waals surface area contributed by atoms with E-state index >= 15 is 0 Å². The molecule has 1 fully saturated rings. The van der Waals surface area contributed by atoms with Gasteiger partial charge >= 0.3 is 5.97 Å². The third-order valence-electron chi connectivity index (χ3n) is 3.71. The van der Waals surface area contributed by atoms with Crippen LogP contribution in [0, 0.1) is 0 Å². The zero-order valence-electron chi connectivity index (χ0n) is 13.3. The molecule has 132 valence electrons. The fourth-order valence-electron chi connectivity index (χ4n) is 2.23. The summed E-state index contributed by atoms with van der Waals surface area (Å²) >= 11 is 0. The molecular formula is C15H20N2O6S. The standard InChI is InChI=1S/C15H20N2O6S/c1-2-24(21,22)16-9-11-3-5-12(6-4-11)14(18)17-7-8-23-13(10-17)15(19)20/h3-6,13,16H,2,7-10H2,1H3,(H,19,20). The van der Waals surface area contributed by atoms with Gasteiger partial charge in [-0.2, -0.15) is 0 Å². The van der Waals surface area contributed by atoms with E-state index in [1.54, 1.807) is 31.2 Å². The molecule has 0 aromatic heterocycles. The van der Waals surface area contributed by atoms with Crippen molar-refractivity contribution >= 4 is 21.9 Å². The van der Waals surface area contributed by atoms with Crippen LogP contribution in [0.25, 0.3) is 0 Å². The summed E-state index contributed by atoms with van der Waals surface area (Å²) in [7, 11) is -3.27. The minimum absolute atomic E-state index is 0.00530. The van der Waals surface area contributed by atoms with Gasteiger partial charge in [-0.3, -0.25) is 4.79 Å². The summed E-state index contributed by atoms with van der Waals surface area (Å²) in [6.45, 7) is 2.23. The maximum Gasteiger partial charge on any atom is 0.334 e. The number of carboxylic acids is 1. The van der Waals surface area contributed by atoms with E-state index in [9.17, 15) is 18.0 Å². The highest BCUT2D eigenvalue weighted by molar-refractivity contribution is 7.89. The topological polar surface area (TPSA) is 113 Å². The first kappa shape index (κ1) is 18.4. The highest BCUT2D eigenvalue weighted by Gasteiger charge is 2.29. The number of hydrogen-bond donors (Lipinski definition) is 2. The fraction of sp³-hybridized carbons (Fsp3) is 0.467. The summed E-state index contributed by atoms with van der Waals surface area (Å²) in [6.07, 6.45) is -1.01. The second kappa shape index (κ2) is 7.73. The Morgan fingerprint density at radius 3 is 2.58 bits per heavy atom. The van der Waals surface area contributed by atoms with Crippen molar-refractivity contribution in [3.05, 3.63) is 35.4 Å². The molecule has 0 spiro atoms. The molecular weight excluding hydrogens is 336 g/mol. The van der Waals surface area contributed by atoms with Crippen molar-refractivity contribution in [1.29, 1.82) is 0 Å². The summed E-state index contributed by atoms with van der Waals surface area (Å²) in [5.74, 6) is -1.36. The molecule has 1 atom stereocenters. The number of ether oxygens (including phenoxy) is 1. The van der Waals surface area contributed by atoms with Gasteiger partial charge in [0.15, 0.2) is 6.10 Å². The number of nitrogens with zero attached hydrogens (tertiary/aromatic N) is 1. The average molecular weight is 356 g/mol. The summed E-state index contributed by atoms with van der Waals surface area (Å²) in [5.41, 5.74) is 1.15. The average Bonchev–Trinajstić information content (AvgIpc) is 2.60.